The molecule has 2 aromatic rings. The van der Waals surface area contributed by atoms with E-state index in [2.05, 4.69) is 22.4 Å². The monoisotopic (exact) mass is 301 g/mol. The van der Waals surface area contributed by atoms with Gasteiger partial charge in [-0.3, -0.25) is 4.68 Å². The lowest BCUT2D eigenvalue weighted by molar-refractivity contribution is 0.464. The van der Waals surface area contributed by atoms with Gasteiger partial charge in [-0.25, -0.2) is 4.68 Å². The van der Waals surface area contributed by atoms with Crippen LogP contribution in [0.5, 0.6) is 0 Å². The van der Waals surface area contributed by atoms with Gasteiger partial charge in [-0.1, -0.05) is 6.92 Å². The Hall–Kier alpha value is -1.56. The molecule has 2 heterocycles. The molecule has 0 fully saturated rings. The Labute approximate surface area is 124 Å². The Morgan fingerprint density at radius 3 is 2.65 bits per heavy atom. The van der Waals surface area contributed by atoms with Gasteiger partial charge in [0.2, 0.25) is 5.95 Å². The Morgan fingerprint density at radius 2 is 2.05 bits per heavy atom. The summed E-state index contributed by atoms with van der Waals surface area (Å²) >= 11 is 0. The maximum Gasteiger partial charge on any atom is 0.216 e. The topological polar surface area (TPSA) is 47.7 Å². The van der Waals surface area contributed by atoms with Crippen LogP contribution in [0.15, 0.2) is 12.3 Å². The second-order valence-electron chi connectivity index (χ2n) is 4.49. The molecular formula is C13H21ClFN5. The zero-order valence-electron chi connectivity index (χ0n) is 12.1. The van der Waals surface area contributed by atoms with Crippen LogP contribution in [0.2, 0.25) is 0 Å². The Bertz CT molecular complexity index is 549. The second-order valence-corrected chi connectivity index (χ2v) is 4.49. The first-order valence-electron chi connectivity index (χ1n) is 6.64. The van der Waals surface area contributed by atoms with E-state index in [4.69, 9.17) is 0 Å². The lowest BCUT2D eigenvalue weighted by atomic mass is 10.2. The third kappa shape index (κ3) is 3.50. The van der Waals surface area contributed by atoms with E-state index in [0.29, 0.717) is 18.7 Å². The fourth-order valence-electron chi connectivity index (χ4n) is 1.99. The fourth-order valence-corrected chi connectivity index (χ4v) is 1.99. The van der Waals surface area contributed by atoms with Gasteiger partial charge in [-0.05, 0) is 20.3 Å². The molecule has 0 saturated heterocycles. The first-order chi connectivity index (χ1) is 9.15. The fraction of sp³-hybridized carbons (Fsp3) is 0.538. The van der Waals surface area contributed by atoms with Gasteiger partial charge in [-0.2, -0.15) is 14.6 Å². The quantitative estimate of drug-likeness (QED) is 0.892. The molecule has 0 aromatic carbocycles. The van der Waals surface area contributed by atoms with Crippen LogP contribution in [0.25, 0.3) is 0 Å². The van der Waals surface area contributed by atoms with Gasteiger partial charge in [-0.15, -0.1) is 12.4 Å². The van der Waals surface area contributed by atoms with Crippen LogP contribution in [-0.2, 0) is 19.6 Å². The van der Waals surface area contributed by atoms with Crippen molar-refractivity contribution in [1.82, 2.24) is 19.6 Å². The zero-order valence-corrected chi connectivity index (χ0v) is 12.9. The number of halogens is 2. The molecule has 0 spiro atoms. The molecule has 112 valence electrons. The van der Waals surface area contributed by atoms with E-state index < -0.39 is 0 Å². The largest absolute Gasteiger partial charge is 0.364 e. The lowest BCUT2D eigenvalue weighted by Crippen LogP contribution is -2.05. The molecule has 20 heavy (non-hydrogen) atoms. The first kappa shape index (κ1) is 16.5. The highest BCUT2D eigenvalue weighted by atomic mass is 35.5. The zero-order chi connectivity index (χ0) is 13.8. The van der Waals surface area contributed by atoms with Crippen molar-refractivity contribution in [2.75, 3.05) is 5.32 Å². The highest BCUT2D eigenvalue weighted by Crippen LogP contribution is 2.14. The van der Waals surface area contributed by atoms with Crippen LogP contribution >= 0.6 is 12.4 Å². The van der Waals surface area contributed by atoms with Gasteiger partial charge in [0.05, 0.1) is 5.69 Å². The summed E-state index contributed by atoms with van der Waals surface area (Å²) in [5.74, 6) is 0.497. The van der Waals surface area contributed by atoms with Gasteiger partial charge >= 0.3 is 0 Å². The van der Waals surface area contributed by atoms with Crippen molar-refractivity contribution in [1.29, 1.82) is 0 Å². The summed E-state index contributed by atoms with van der Waals surface area (Å²) in [7, 11) is 0. The summed E-state index contributed by atoms with van der Waals surface area (Å²) in [6.45, 7) is 7.63. The molecule has 2 rings (SSSR count). The molecule has 0 aliphatic carbocycles. The minimum Gasteiger partial charge on any atom is -0.364 e. The van der Waals surface area contributed by atoms with Gasteiger partial charge in [0.25, 0.3) is 0 Å². The molecule has 0 amide bonds. The number of rotatable bonds is 6. The van der Waals surface area contributed by atoms with Crippen molar-refractivity contribution in [2.24, 2.45) is 0 Å². The Kier molecular flexibility index (Phi) is 6.01. The molecule has 0 saturated carbocycles. The van der Waals surface area contributed by atoms with Crippen LogP contribution in [0, 0.1) is 12.9 Å². The van der Waals surface area contributed by atoms with E-state index in [0.717, 1.165) is 24.5 Å². The van der Waals surface area contributed by atoms with Gasteiger partial charge in [0.15, 0.2) is 0 Å². The van der Waals surface area contributed by atoms with E-state index in [1.807, 2.05) is 30.8 Å². The van der Waals surface area contributed by atoms with Crippen molar-refractivity contribution in [3.8, 4) is 0 Å². The summed E-state index contributed by atoms with van der Waals surface area (Å²) in [6.07, 6.45) is 2.96. The average Bonchev–Trinajstić information content (AvgIpc) is 2.93. The molecule has 0 atom stereocenters. The number of nitrogens with one attached hydrogen (secondary N) is 1. The minimum atomic E-state index is -0.263. The number of anilines is 1. The number of nitrogens with zero attached hydrogens (tertiary/aromatic N) is 4. The summed E-state index contributed by atoms with van der Waals surface area (Å²) in [5.41, 5.74) is 1.33. The van der Waals surface area contributed by atoms with Gasteiger partial charge < -0.3 is 5.32 Å². The third-order valence-corrected chi connectivity index (χ3v) is 3.02. The molecule has 0 aliphatic heterocycles. The average molecular weight is 302 g/mol. The highest BCUT2D eigenvalue weighted by Gasteiger charge is 2.13. The third-order valence-electron chi connectivity index (χ3n) is 3.02. The van der Waals surface area contributed by atoms with E-state index in [1.165, 1.54) is 4.68 Å². The SMILES string of the molecule is CCCn1ccc(NCc2c(C)nn(CC)c2F)n1.Cl. The van der Waals surface area contributed by atoms with Crippen LogP contribution in [0.3, 0.4) is 0 Å². The number of hydrogen-bond acceptors (Lipinski definition) is 3. The number of aromatic nitrogens is 4. The van der Waals surface area contributed by atoms with Crippen LogP contribution in [-0.4, -0.2) is 19.6 Å². The number of aryl methyl sites for hydroxylation is 3. The normalized spacial score (nSPS) is 10.4. The van der Waals surface area contributed by atoms with Gasteiger partial charge in [0, 0.05) is 37.5 Å². The van der Waals surface area contributed by atoms with Crippen LogP contribution in [0.4, 0.5) is 10.2 Å². The standard InChI is InChI=1S/C13H20FN5.ClH/c1-4-7-18-8-6-12(17-18)15-9-11-10(3)16-19(5-2)13(11)14;/h6,8H,4-5,7,9H2,1-3H3,(H,15,17);1H. The highest BCUT2D eigenvalue weighted by molar-refractivity contribution is 5.85. The predicted octanol–water partition coefficient (Wildman–Crippen LogP) is 2.99. The molecule has 0 radical (unpaired) electrons. The Morgan fingerprint density at radius 1 is 1.30 bits per heavy atom. The van der Waals surface area contributed by atoms with E-state index in [-0.39, 0.29) is 18.4 Å². The van der Waals surface area contributed by atoms with E-state index in [9.17, 15) is 4.39 Å². The smallest absolute Gasteiger partial charge is 0.216 e. The van der Waals surface area contributed by atoms with E-state index in [1.54, 1.807) is 0 Å². The van der Waals surface area contributed by atoms with Crippen LogP contribution < -0.4 is 5.32 Å². The first-order valence-corrected chi connectivity index (χ1v) is 6.64. The maximum absolute atomic E-state index is 14.0. The molecule has 0 bridgehead atoms. The summed E-state index contributed by atoms with van der Waals surface area (Å²) in [5, 5.41) is 11.6. The molecule has 1 N–H and O–H groups in total. The second kappa shape index (κ2) is 7.28. The molecule has 0 unspecified atom stereocenters. The molecule has 2 aromatic heterocycles. The summed E-state index contributed by atoms with van der Waals surface area (Å²) < 4.78 is 17.2. The number of hydrogen-bond donors (Lipinski definition) is 1. The molecular weight excluding hydrogens is 281 g/mol. The van der Waals surface area contributed by atoms with Crippen molar-refractivity contribution >= 4 is 18.2 Å². The van der Waals surface area contributed by atoms with Crippen molar-refractivity contribution in [2.45, 2.75) is 46.8 Å². The van der Waals surface area contributed by atoms with Crippen molar-refractivity contribution in [3.05, 3.63) is 29.5 Å². The predicted molar refractivity (Wildman–Crippen MR) is 79.7 cm³/mol. The maximum atomic E-state index is 14.0. The summed E-state index contributed by atoms with van der Waals surface area (Å²) in [4.78, 5) is 0. The minimum absolute atomic E-state index is 0. The van der Waals surface area contributed by atoms with Gasteiger partial charge in [0.1, 0.15) is 5.82 Å². The van der Waals surface area contributed by atoms with Crippen molar-refractivity contribution < 1.29 is 4.39 Å². The molecule has 0 aliphatic rings. The van der Waals surface area contributed by atoms with Crippen molar-refractivity contribution in [3.63, 3.8) is 0 Å². The molecule has 7 heteroatoms. The van der Waals surface area contributed by atoms with E-state index >= 15 is 0 Å². The van der Waals surface area contributed by atoms with Crippen LogP contribution in [0.1, 0.15) is 31.5 Å². The Balaban J connectivity index is 0.00000200. The molecule has 5 nitrogen and oxygen atoms in total. The summed E-state index contributed by atoms with van der Waals surface area (Å²) in [6, 6.07) is 1.90. The lowest BCUT2D eigenvalue weighted by Gasteiger charge is -2.02.